The third-order valence-corrected chi connectivity index (χ3v) is 4.38. The summed E-state index contributed by atoms with van der Waals surface area (Å²) in [6.45, 7) is 5.63. The molecule has 0 saturated heterocycles. The van der Waals surface area contributed by atoms with E-state index in [1.165, 1.54) is 10.5 Å². The summed E-state index contributed by atoms with van der Waals surface area (Å²) in [7, 11) is 0. The summed E-state index contributed by atoms with van der Waals surface area (Å²) >= 11 is 0. The Kier molecular flexibility index (Phi) is 8.23. The number of amides is 2. The van der Waals surface area contributed by atoms with Crippen molar-refractivity contribution in [3.05, 3.63) is 59.7 Å². The van der Waals surface area contributed by atoms with Crippen molar-refractivity contribution < 1.29 is 14.3 Å². The molecule has 0 radical (unpaired) electrons. The Morgan fingerprint density at radius 1 is 1.10 bits per heavy atom. The Balaban J connectivity index is 1.90. The monoisotopic (exact) mass is 393 g/mol. The number of nitriles is 1. The van der Waals surface area contributed by atoms with Gasteiger partial charge in [-0.15, -0.1) is 0 Å². The summed E-state index contributed by atoms with van der Waals surface area (Å²) in [4.78, 5) is 26.4. The van der Waals surface area contributed by atoms with Gasteiger partial charge < -0.3 is 15.0 Å². The van der Waals surface area contributed by atoms with Crippen molar-refractivity contribution in [3.8, 4) is 11.8 Å². The van der Waals surface area contributed by atoms with E-state index in [-0.39, 0.29) is 31.0 Å². The molecule has 2 aromatic rings. The molecule has 6 nitrogen and oxygen atoms in total. The van der Waals surface area contributed by atoms with E-state index in [2.05, 4.69) is 12.2 Å². The maximum Gasteiger partial charge on any atom is 0.261 e. The van der Waals surface area contributed by atoms with Crippen LogP contribution in [0.3, 0.4) is 0 Å². The second-order valence-corrected chi connectivity index (χ2v) is 7.04. The minimum Gasteiger partial charge on any atom is -0.484 e. The van der Waals surface area contributed by atoms with Crippen LogP contribution >= 0.6 is 0 Å². The predicted molar refractivity (Wildman–Crippen MR) is 113 cm³/mol. The van der Waals surface area contributed by atoms with Crippen molar-refractivity contribution in [2.24, 2.45) is 0 Å². The molecule has 0 fully saturated rings. The fraction of sp³-hybridized carbons (Fsp3) is 0.348. The molecule has 29 heavy (non-hydrogen) atoms. The fourth-order valence-corrected chi connectivity index (χ4v) is 2.81. The molecule has 2 aromatic carbocycles. The van der Waals surface area contributed by atoms with Crippen molar-refractivity contribution in [1.82, 2.24) is 4.90 Å². The maximum atomic E-state index is 12.6. The first kappa shape index (κ1) is 22.0. The molecule has 6 heteroatoms. The zero-order chi connectivity index (χ0) is 21.2. The van der Waals surface area contributed by atoms with Gasteiger partial charge in [0.1, 0.15) is 12.3 Å². The average molecular weight is 393 g/mol. The number of benzene rings is 2. The predicted octanol–water partition coefficient (Wildman–Crippen LogP) is 3.77. The van der Waals surface area contributed by atoms with Gasteiger partial charge in [-0.2, -0.15) is 5.26 Å². The first-order valence-electron chi connectivity index (χ1n) is 9.74. The van der Waals surface area contributed by atoms with E-state index >= 15 is 0 Å². The molecular formula is C23H27N3O3. The van der Waals surface area contributed by atoms with Gasteiger partial charge in [-0.3, -0.25) is 9.59 Å². The van der Waals surface area contributed by atoms with Crippen molar-refractivity contribution >= 4 is 17.5 Å². The fourth-order valence-electron chi connectivity index (χ4n) is 2.81. The zero-order valence-electron chi connectivity index (χ0n) is 17.1. The van der Waals surface area contributed by atoms with Crippen LogP contribution in [0.15, 0.2) is 48.5 Å². The number of rotatable bonds is 9. The van der Waals surface area contributed by atoms with E-state index in [1.807, 2.05) is 44.2 Å². The molecule has 0 aliphatic heterocycles. The highest BCUT2D eigenvalue weighted by Crippen LogP contribution is 2.14. The highest BCUT2D eigenvalue weighted by Gasteiger charge is 2.20. The molecule has 0 atom stereocenters. The Labute approximate surface area is 172 Å². The maximum absolute atomic E-state index is 12.6. The van der Waals surface area contributed by atoms with E-state index in [1.54, 1.807) is 24.3 Å². The quantitative estimate of drug-likeness (QED) is 0.703. The highest BCUT2D eigenvalue weighted by atomic mass is 16.5. The van der Waals surface area contributed by atoms with Crippen LogP contribution in [0.25, 0.3) is 0 Å². The van der Waals surface area contributed by atoms with Crippen molar-refractivity contribution in [2.45, 2.75) is 39.7 Å². The Hall–Kier alpha value is -3.33. The molecule has 2 amide bonds. The van der Waals surface area contributed by atoms with Crippen LogP contribution in [0.5, 0.6) is 5.75 Å². The third-order valence-electron chi connectivity index (χ3n) is 4.38. The minimum atomic E-state index is -0.305. The smallest absolute Gasteiger partial charge is 0.261 e. The van der Waals surface area contributed by atoms with Gasteiger partial charge in [0.2, 0.25) is 5.91 Å². The first-order valence-corrected chi connectivity index (χ1v) is 9.74. The number of nitrogens with one attached hydrogen (secondary N) is 1. The number of carbonyl (C=O) groups is 2. The number of aryl methyl sites for hydroxylation is 1. The van der Waals surface area contributed by atoms with E-state index in [9.17, 15) is 9.59 Å². The van der Waals surface area contributed by atoms with Gasteiger partial charge in [-0.25, -0.2) is 0 Å². The molecule has 0 unspecified atom stereocenters. The number of nitrogens with zero attached hydrogens (tertiary/aromatic N) is 2. The van der Waals surface area contributed by atoms with Gasteiger partial charge in [0.25, 0.3) is 5.91 Å². The van der Waals surface area contributed by atoms with Gasteiger partial charge >= 0.3 is 0 Å². The second kappa shape index (κ2) is 10.9. The molecule has 152 valence electrons. The lowest BCUT2D eigenvalue weighted by molar-refractivity contribution is -0.138. The van der Waals surface area contributed by atoms with Gasteiger partial charge in [0.05, 0.1) is 11.6 Å². The normalized spacial score (nSPS) is 10.3. The molecule has 0 aromatic heterocycles. The zero-order valence-corrected chi connectivity index (χ0v) is 17.1. The summed E-state index contributed by atoms with van der Waals surface area (Å²) in [5.41, 5.74) is 2.32. The molecule has 0 saturated carbocycles. The topological polar surface area (TPSA) is 82.4 Å². The molecular weight excluding hydrogens is 366 g/mol. The average Bonchev–Trinajstić information content (AvgIpc) is 2.72. The van der Waals surface area contributed by atoms with E-state index < -0.39 is 0 Å². The first-order chi connectivity index (χ1) is 13.9. The standard InChI is InChI=1S/C23H27N3O3/c1-4-5-18-8-12-21(13-9-18)29-16-23(28)26(17(2)3)15-22(27)25-20-10-6-19(14-24)7-11-20/h6-13,17H,4-5,15-16H2,1-3H3,(H,25,27). The van der Waals surface area contributed by atoms with Crippen LogP contribution in [-0.2, 0) is 16.0 Å². The molecule has 2 rings (SSSR count). The number of anilines is 1. The van der Waals surface area contributed by atoms with Crippen LogP contribution in [-0.4, -0.2) is 35.9 Å². The summed E-state index contributed by atoms with van der Waals surface area (Å²) in [5, 5.41) is 11.6. The number of hydrogen-bond donors (Lipinski definition) is 1. The lowest BCUT2D eigenvalue weighted by Crippen LogP contribution is -2.44. The molecule has 0 aliphatic carbocycles. The SMILES string of the molecule is CCCc1ccc(OCC(=O)N(CC(=O)Nc2ccc(C#N)cc2)C(C)C)cc1. The summed E-state index contributed by atoms with van der Waals surface area (Å²) < 4.78 is 5.60. The number of carbonyl (C=O) groups excluding carboxylic acids is 2. The van der Waals surface area contributed by atoms with Gasteiger partial charge in [0, 0.05) is 11.7 Å². The molecule has 0 spiro atoms. The van der Waals surface area contributed by atoms with Crippen LogP contribution in [0.1, 0.15) is 38.3 Å². The summed E-state index contributed by atoms with van der Waals surface area (Å²) in [6.07, 6.45) is 2.08. The van der Waals surface area contributed by atoms with Gasteiger partial charge in [-0.1, -0.05) is 25.5 Å². The van der Waals surface area contributed by atoms with Crippen molar-refractivity contribution in [1.29, 1.82) is 5.26 Å². The Bertz CT molecular complexity index is 852. The van der Waals surface area contributed by atoms with Crippen LogP contribution in [0.4, 0.5) is 5.69 Å². The highest BCUT2D eigenvalue weighted by molar-refractivity contribution is 5.94. The van der Waals surface area contributed by atoms with E-state index in [4.69, 9.17) is 10.00 Å². The van der Waals surface area contributed by atoms with Crippen LogP contribution < -0.4 is 10.1 Å². The molecule has 0 heterocycles. The van der Waals surface area contributed by atoms with Crippen molar-refractivity contribution in [3.63, 3.8) is 0 Å². The molecule has 1 N–H and O–H groups in total. The Morgan fingerprint density at radius 3 is 2.31 bits per heavy atom. The third kappa shape index (κ3) is 6.96. The molecule has 0 aliphatic rings. The van der Waals surface area contributed by atoms with E-state index in [0.717, 1.165) is 12.8 Å². The van der Waals surface area contributed by atoms with E-state index in [0.29, 0.717) is 17.0 Å². The molecule has 0 bridgehead atoms. The lowest BCUT2D eigenvalue weighted by atomic mass is 10.1. The van der Waals surface area contributed by atoms with Crippen molar-refractivity contribution in [2.75, 3.05) is 18.5 Å². The minimum absolute atomic E-state index is 0.0741. The van der Waals surface area contributed by atoms with Gasteiger partial charge in [-0.05, 0) is 62.2 Å². The van der Waals surface area contributed by atoms with Gasteiger partial charge in [0.15, 0.2) is 6.61 Å². The van der Waals surface area contributed by atoms with Crippen LogP contribution in [0.2, 0.25) is 0 Å². The second-order valence-electron chi connectivity index (χ2n) is 7.04. The lowest BCUT2D eigenvalue weighted by Gasteiger charge is -2.26. The summed E-state index contributed by atoms with van der Waals surface area (Å²) in [5.74, 6) is 0.0669. The summed E-state index contributed by atoms with van der Waals surface area (Å²) in [6, 6.07) is 16.1. The van der Waals surface area contributed by atoms with Crippen LogP contribution in [0, 0.1) is 11.3 Å². The largest absolute Gasteiger partial charge is 0.484 e. The number of ether oxygens (including phenoxy) is 1. The Morgan fingerprint density at radius 2 is 1.76 bits per heavy atom. The number of hydrogen-bond acceptors (Lipinski definition) is 4.